The van der Waals surface area contributed by atoms with Crippen molar-refractivity contribution < 1.29 is 4.74 Å². The second-order valence-corrected chi connectivity index (χ2v) is 4.86. The predicted octanol–water partition coefficient (Wildman–Crippen LogP) is 3.74. The van der Waals surface area contributed by atoms with Gasteiger partial charge in [-0.1, -0.05) is 36.4 Å². The minimum atomic E-state index is 0. The van der Waals surface area contributed by atoms with Crippen molar-refractivity contribution in [2.45, 2.75) is 0 Å². The van der Waals surface area contributed by atoms with E-state index in [1.165, 1.54) is 0 Å². The topological polar surface area (TPSA) is 36.9 Å². The summed E-state index contributed by atoms with van der Waals surface area (Å²) in [7, 11) is 0. The molecule has 3 rings (SSSR count). The Labute approximate surface area is 148 Å². The van der Waals surface area contributed by atoms with Crippen molar-refractivity contribution in [3.8, 4) is 0 Å². The van der Waals surface area contributed by atoms with Gasteiger partial charge in [0.05, 0.1) is 18.9 Å². The molecule has 116 valence electrons. The molecule has 0 amide bonds. The zero-order chi connectivity index (χ0) is 14.3. The van der Waals surface area contributed by atoms with Crippen molar-refractivity contribution in [2.75, 3.05) is 31.6 Å². The van der Waals surface area contributed by atoms with E-state index < -0.39 is 0 Å². The average molecular weight is 409 g/mol. The van der Waals surface area contributed by atoms with Gasteiger partial charge in [-0.25, -0.2) is 4.99 Å². The normalized spacial score (nSPS) is 15.1. The van der Waals surface area contributed by atoms with Gasteiger partial charge in [-0.05, 0) is 24.3 Å². The number of para-hydroxylation sites is 2. The summed E-state index contributed by atoms with van der Waals surface area (Å²) in [5.74, 6) is 0.871. The Kier molecular flexibility index (Phi) is 6.67. The van der Waals surface area contributed by atoms with Crippen molar-refractivity contribution in [3.05, 3.63) is 60.7 Å². The molecule has 2 aromatic carbocycles. The van der Waals surface area contributed by atoms with Crippen molar-refractivity contribution >= 4 is 41.3 Å². The van der Waals surface area contributed by atoms with Crippen molar-refractivity contribution in [2.24, 2.45) is 4.99 Å². The summed E-state index contributed by atoms with van der Waals surface area (Å²) < 4.78 is 5.43. The molecule has 1 aliphatic rings. The summed E-state index contributed by atoms with van der Waals surface area (Å²) in [6, 6.07) is 20.1. The van der Waals surface area contributed by atoms with Crippen LogP contribution >= 0.6 is 24.0 Å². The largest absolute Gasteiger partial charge is 0.378 e. The maximum atomic E-state index is 5.43. The van der Waals surface area contributed by atoms with Crippen LogP contribution in [0.5, 0.6) is 0 Å². The van der Waals surface area contributed by atoms with Crippen LogP contribution in [0.2, 0.25) is 0 Å². The molecule has 1 N–H and O–H groups in total. The number of halogens is 1. The molecule has 5 heteroatoms. The molecule has 0 aliphatic carbocycles. The van der Waals surface area contributed by atoms with Crippen molar-refractivity contribution in [1.82, 2.24) is 4.90 Å². The summed E-state index contributed by atoms with van der Waals surface area (Å²) in [5, 5.41) is 3.42. The Morgan fingerprint density at radius 1 is 0.909 bits per heavy atom. The van der Waals surface area contributed by atoms with Gasteiger partial charge < -0.3 is 15.0 Å². The molecule has 0 radical (unpaired) electrons. The monoisotopic (exact) mass is 409 g/mol. The molecular formula is C17H20IN3O. The molecule has 1 aliphatic heterocycles. The van der Waals surface area contributed by atoms with E-state index in [1.807, 2.05) is 60.7 Å². The van der Waals surface area contributed by atoms with Crippen LogP contribution in [0.15, 0.2) is 65.7 Å². The third-order valence-corrected chi connectivity index (χ3v) is 3.33. The minimum Gasteiger partial charge on any atom is -0.378 e. The van der Waals surface area contributed by atoms with Gasteiger partial charge >= 0.3 is 0 Å². The second kappa shape index (κ2) is 8.75. The lowest BCUT2D eigenvalue weighted by atomic mass is 10.3. The molecular weight excluding hydrogens is 389 g/mol. The molecule has 1 heterocycles. The van der Waals surface area contributed by atoms with Crippen molar-refractivity contribution in [1.29, 1.82) is 0 Å². The fourth-order valence-electron chi connectivity index (χ4n) is 2.23. The SMILES string of the molecule is I.c1ccc(N=C(Nc2ccccc2)N2CCOCC2)cc1. The van der Waals surface area contributed by atoms with E-state index in [2.05, 4.69) is 10.2 Å². The number of nitrogens with one attached hydrogen (secondary N) is 1. The quantitative estimate of drug-likeness (QED) is 0.467. The Morgan fingerprint density at radius 3 is 2.14 bits per heavy atom. The van der Waals surface area contributed by atoms with Gasteiger partial charge in [0.2, 0.25) is 5.96 Å². The Balaban J connectivity index is 0.00000176. The van der Waals surface area contributed by atoms with Gasteiger partial charge in [-0.2, -0.15) is 0 Å². The van der Waals surface area contributed by atoms with E-state index in [1.54, 1.807) is 0 Å². The van der Waals surface area contributed by atoms with Crippen molar-refractivity contribution in [3.63, 3.8) is 0 Å². The molecule has 0 spiro atoms. The molecule has 1 saturated heterocycles. The van der Waals surface area contributed by atoms with Crippen LogP contribution in [0.4, 0.5) is 11.4 Å². The highest BCUT2D eigenvalue weighted by atomic mass is 127. The van der Waals surface area contributed by atoms with Gasteiger partial charge in [-0.3, -0.25) is 0 Å². The van der Waals surface area contributed by atoms with Gasteiger partial charge in [0.1, 0.15) is 0 Å². The van der Waals surface area contributed by atoms with Crippen LogP contribution in [0.25, 0.3) is 0 Å². The summed E-state index contributed by atoms with van der Waals surface area (Å²) in [4.78, 5) is 6.98. The number of nitrogens with zero attached hydrogens (tertiary/aromatic N) is 2. The summed E-state index contributed by atoms with van der Waals surface area (Å²) in [6.45, 7) is 3.19. The lowest BCUT2D eigenvalue weighted by Crippen LogP contribution is -2.44. The Morgan fingerprint density at radius 2 is 1.50 bits per heavy atom. The number of benzene rings is 2. The Hall–Kier alpha value is -1.60. The van der Waals surface area contributed by atoms with Crippen LogP contribution in [-0.2, 0) is 4.74 Å². The first-order chi connectivity index (χ1) is 10.4. The summed E-state index contributed by atoms with van der Waals surface area (Å²) in [6.07, 6.45) is 0. The van der Waals surface area contributed by atoms with Gasteiger partial charge in [0.15, 0.2) is 0 Å². The average Bonchev–Trinajstić information content (AvgIpc) is 2.57. The number of rotatable bonds is 2. The number of hydrogen-bond acceptors (Lipinski definition) is 2. The first kappa shape index (κ1) is 16.8. The number of anilines is 1. The van der Waals surface area contributed by atoms with Crippen LogP contribution in [0, 0.1) is 0 Å². The highest BCUT2D eigenvalue weighted by molar-refractivity contribution is 14.0. The fraction of sp³-hybridized carbons (Fsp3) is 0.235. The number of hydrogen-bond donors (Lipinski definition) is 1. The highest BCUT2D eigenvalue weighted by Gasteiger charge is 2.15. The molecule has 4 nitrogen and oxygen atoms in total. The van der Waals surface area contributed by atoms with E-state index in [0.29, 0.717) is 0 Å². The lowest BCUT2D eigenvalue weighted by Gasteiger charge is -2.30. The van der Waals surface area contributed by atoms with Gasteiger partial charge in [0.25, 0.3) is 0 Å². The zero-order valence-corrected chi connectivity index (χ0v) is 14.6. The fourth-order valence-corrected chi connectivity index (χ4v) is 2.23. The molecule has 0 unspecified atom stereocenters. The zero-order valence-electron chi connectivity index (χ0n) is 12.3. The van der Waals surface area contributed by atoms with E-state index in [0.717, 1.165) is 43.6 Å². The number of morpholine rings is 1. The first-order valence-electron chi connectivity index (χ1n) is 7.20. The number of guanidine groups is 1. The molecule has 1 fully saturated rings. The van der Waals surface area contributed by atoms with Gasteiger partial charge in [-0.15, -0.1) is 24.0 Å². The summed E-state index contributed by atoms with van der Waals surface area (Å²) >= 11 is 0. The summed E-state index contributed by atoms with van der Waals surface area (Å²) in [5.41, 5.74) is 1.99. The number of ether oxygens (including phenoxy) is 1. The smallest absolute Gasteiger partial charge is 0.203 e. The molecule has 0 aromatic heterocycles. The van der Waals surface area contributed by atoms with E-state index in [9.17, 15) is 0 Å². The Bertz CT molecular complexity index is 583. The molecule has 22 heavy (non-hydrogen) atoms. The standard InChI is InChI=1S/C17H19N3O.HI/c1-3-7-15(8-4-1)18-17(20-11-13-21-14-12-20)19-16-9-5-2-6-10-16;/h1-10H,11-14H2,(H,18,19);1H. The van der Waals surface area contributed by atoms with Crippen LogP contribution < -0.4 is 5.32 Å². The number of aliphatic imine (C=N–C) groups is 1. The van der Waals surface area contributed by atoms with Crippen LogP contribution in [0.3, 0.4) is 0 Å². The van der Waals surface area contributed by atoms with E-state index >= 15 is 0 Å². The van der Waals surface area contributed by atoms with E-state index in [-0.39, 0.29) is 24.0 Å². The maximum Gasteiger partial charge on any atom is 0.203 e. The van der Waals surface area contributed by atoms with Crippen LogP contribution in [0.1, 0.15) is 0 Å². The van der Waals surface area contributed by atoms with Gasteiger partial charge in [0, 0.05) is 18.8 Å². The van der Waals surface area contributed by atoms with Crippen LogP contribution in [-0.4, -0.2) is 37.2 Å². The third-order valence-electron chi connectivity index (χ3n) is 3.33. The first-order valence-corrected chi connectivity index (χ1v) is 7.20. The highest BCUT2D eigenvalue weighted by Crippen LogP contribution is 2.14. The molecule has 0 saturated carbocycles. The molecule has 0 atom stereocenters. The molecule has 2 aromatic rings. The maximum absolute atomic E-state index is 5.43. The second-order valence-electron chi connectivity index (χ2n) is 4.86. The lowest BCUT2D eigenvalue weighted by molar-refractivity contribution is 0.0680. The molecule has 0 bridgehead atoms. The predicted molar refractivity (Wildman–Crippen MR) is 101 cm³/mol. The van der Waals surface area contributed by atoms with E-state index in [4.69, 9.17) is 9.73 Å². The minimum absolute atomic E-state index is 0. The third kappa shape index (κ3) is 4.71.